The van der Waals surface area contributed by atoms with Crippen molar-refractivity contribution in [3.05, 3.63) is 308 Å². The molecule has 16 rings (SSSR count). The summed E-state index contributed by atoms with van der Waals surface area (Å²) in [6.45, 7) is 0. The fraction of sp³-hybridized carbons (Fsp3) is 0.0154. The van der Waals surface area contributed by atoms with Crippen LogP contribution in [0.4, 0.5) is 43.9 Å². The highest BCUT2D eigenvalue weighted by Gasteiger charge is 2.32. The van der Waals surface area contributed by atoms with Crippen LogP contribution in [0.5, 0.6) is 0 Å². The fourth-order valence-corrected chi connectivity index (χ4v) is 10.8. The second kappa shape index (κ2) is 21.0. The van der Waals surface area contributed by atoms with E-state index in [4.69, 9.17) is 0 Å². The number of aromatic nitrogens is 8. The lowest BCUT2D eigenvalue weighted by Gasteiger charge is -2.06. The molecule has 0 saturated carbocycles. The molecule has 0 spiro atoms. The van der Waals surface area contributed by atoms with Crippen LogP contribution in [0.1, 0.15) is 5.56 Å². The minimum absolute atomic E-state index is 0.102. The van der Waals surface area contributed by atoms with Crippen LogP contribution in [0.2, 0.25) is 0 Å². The van der Waals surface area contributed by atoms with Gasteiger partial charge < -0.3 is 0 Å². The highest BCUT2D eigenvalue weighted by atomic mass is 19.4. The first-order chi connectivity index (χ1) is 41.8. The Kier molecular flexibility index (Phi) is 13.2. The molecule has 8 aromatic heterocycles. The van der Waals surface area contributed by atoms with E-state index in [-0.39, 0.29) is 34.6 Å². The number of alkyl halides is 3. The molecule has 8 aromatic carbocycles. The zero-order valence-electron chi connectivity index (χ0n) is 44.3. The van der Waals surface area contributed by atoms with E-state index < -0.39 is 58.0 Å². The van der Waals surface area contributed by atoms with Crippen LogP contribution in [-0.2, 0) is 6.18 Å². The maximum Gasteiger partial charge on any atom is 0.508 e. The average Bonchev–Trinajstić information content (AvgIpc) is 1.93. The number of hydrogen-bond acceptors (Lipinski definition) is 4. The molecule has 0 unspecified atom stereocenters. The normalized spacial score (nSPS) is 11.7. The third-order valence-electron chi connectivity index (χ3n) is 14.7. The van der Waals surface area contributed by atoms with E-state index in [0.717, 1.165) is 90.8 Å². The van der Waals surface area contributed by atoms with Crippen LogP contribution in [-0.4, -0.2) is 17.6 Å². The minimum atomic E-state index is -4.40. The maximum absolute atomic E-state index is 14.0. The van der Waals surface area contributed by atoms with Crippen molar-refractivity contribution in [1.29, 1.82) is 0 Å². The summed E-state index contributed by atoms with van der Waals surface area (Å²) in [6.07, 6.45) is 8.26. The van der Waals surface area contributed by atoms with Crippen molar-refractivity contribution in [2.45, 2.75) is 6.18 Å². The number of para-hydroxylation sites is 4. The highest BCUT2D eigenvalue weighted by Crippen LogP contribution is 2.30. The van der Waals surface area contributed by atoms with E-state index in [1.54, 1.807) is 78.0 Å². The van der Waals surface area contributed by atoms with Crippen LogP contribution in [0.3, 0.4) is 0 Å². The molecule has 22 heteroatoms. The van der Waals surface area contributed by atoms with Crippen molar-refractivity contribution in [3.8, 4) is 22.7 Å². The molecule has 0 bridgehead atoms. The van der Waals surface area contributed by atoms with E-state index in [2.05, 4.69) is 0 Å². The Morgan fingerprint density at radius 2 is 0.644 bits per heavy atom. The summed E-state index contributed by atoms with van der Waals surface area (Å²) in [6, 6.07) is 43.2. The van der Waals surface area contributed by atoms with Crippen molar-refractivity contribution in [2.24, 2.45) is 0 Å². The quantitative estimate of drug-likeness (QED) is 0.0995. The van der Waals surface area contributed by atoms with Gasteiger partial charge in [-0.1, -0.05) is 54.6 Å². The van der Waals surface area contributed by atoms with Gasteiger partial charge >= 0.3 is 28.9 Å². The number of halogens is 10. The molecular formula is C65H36F10N8O4+4. The molecule has 0 aliphatic carbocycles. The van der Waals surface area contributed by atoms with Crippen LogP contribution in [0, 0.1) is 40.7 Å². The van der Waals surface area contributed by atoms with Gasteiger partial charge in [0.1, 0.15) is 84.1 Å². The van der Waals surface area contributed by atoms with Gasteiger partial charge in [0, 0.05) is 51.9 Å². The number of nitrogens with zero attached hydrogens (tertiary/aromatic N) is 8. The largest absolute Gasteiger partial charge is 0.508 e. The average molecular weight is 1180 g/mol. The molecule has 0 atom stereocenters. The van der Waals surface area contributed by atoms with E-state index in [1.165, 1.54) is 57.4 Å². The van der Waals surface area contributed by atoms with E-state index in [1.807, 2.05) is 72.8 Å². The maximum atomic E-state index is 14.0. The molecule has 426 valence electrons. The SMILES string of the molecule is O=c1n2ccc3cccc(c[n+]1-c1c(F)c(F)cc(F)c1F)c32.O=c1n2ccc3cccc(c[n+]1-c1cc(F)cc(F)c1)c32.O=c1n2ccc3cccc(c[n+]1-c1ccc(C(F)(F)F)cc1)c32.O=c1n2ccc3cccc(c[n+]1-c1cccc(F)c1)c32. The standard InChI is InChI=1S/C17H10F3N2O.C16H7F4N2O.C16H9F2N2O.C16H10FN2O/c18-17(19,20)13-4-6-14(7-5-13)22-10-12-3-1-2-11-8-9-21(15(11)12)16(22)23;17-10-6-11(18)13(20)15(12(10)19)22-7-9-3-1-2-8-4-5-21(14(8)9)16(22)23;17-12-6-13(18)8-14(7-12)20-9-11-3-1-2-10-4-5-19(15(10)11)16(20)21;17-13-5-2-6-14(9-13)19-10-12-4-1-3-11-7-8-18(15(11)12)16(19)20/h1-10H;1-7H;1-9H;1-10H/q4*+1. The molecule has 0 aliphatic heterocycles. The van der Waals surface area contributed by atoms with Gasteiger partial charge in [-0.2, -0.15) is 77.0 Å². The molecule has 87 heavy (non-hydrogen) atoms. The highest BCUT2D eigenvalue weighted by molar-refractivity contribution is 5.97. The van der Waals surface area contributed by atoms with Crippen LogP contribution >= 0.6 is 0 Å². The predicted molar refractivity (Wildman–Crippen MR) is 300 cm³/mol. The third kappa shape index (κ3) is 9.57. The van der Waals surface area contributed by atoms with E-state index >= 15 is 0 Å². The molecule has 0 radical (unpaired) electrons. The monoisotopic (exact) mass is 1180 g/mol. The van der Waals surface area contributed by atoms with Gasteiger partial charge in [0.25, 0.3) is 0 Å². The molecule has 0 aliphatic rings. The Morgan fingerprint density at radius 1 is 0.310 bits per heavy atom. The second-order valence-corrected chi connectivity index (χ2v) is 20.0. The van der Waals surface area contributed by atoms with Gasteiger partial charge in [-0.3, -0.25) is 0 Å². The molecule has 12 nitrogen and oxygen atoms in total. The Labute approximate surface area is 479 Å². The molecule has 16 aromatic rings. The van der Waals surface area contributed by atoms with Crippen molar-refractivity contribution < 1.29 is 62.2 Å². The third-order valence-corrected chi connectivity index (χ3v) is 14.7. The van der Waals surface area contributed by atoms with Crippen molar-refractivity contribution in [3.63, 3.8) is 0 Å². The first-order valence-electron chi connectivity index (χ1n) is 26.2. The zero-order chi connectivity index (χ0) is 60.7. The molecule has 0 saturated heterocycles. The summed E-state index contributed by atoms with van der Waals surface area (Å²) >= 11 is 0. The topological polar surface area (TPSA) is 101 Å². The smallest absolute Gasteiger partial charge is 0.207 e. The minimum Gasteiger partial charge on any atom is -0.207 e. The van der Waals surface area contributed by atoms with Gasteiger partial charge in [0.15, 0.2) is 33.7 Å². The summed E-state index contributed by atoms with van der Waals surface area (Å²) in [5.41, 5.74) is 0.587. The zero-order valence-corrected chi connectivity index (χ0v) is 44.3. The second-order valence-electron chi connectivity index (χ2n) is 20.0. The lowest BCUT2D eigenvalue weighted by Crippen LogP contribution is -2.52. The first kappa shape index (κ1) is 54.8. The predicted octanol–water partition coefficient (Wildman–Crippen LogP) is 10.7. The van der Waals surface area contributed by atoms with Crippen molar-refractivity contribution >= 4 is 65.2 Å². The molecule has 0 fully saturated rings. The summed E-state index contributed by atoms with van der Waals surface area (Å²) in [4.78, 5) is 50.1. The summed E-state index contributed by atoms with van der Waals surface area (Å²) < 4.78 is 143. The van der Waals surface area contributed by atoms with E-state index in [0.29, 0.717) is 26.8 Å². The van der Waals surface area contributed by atoms with Crippen LogP contribution in [0.25, 0.3) is 87.9 Å². The number of benzene rings is 8. The van der Waals surface area contributed by atoms with Gasteiger partial charge in [-0.05, 0) is 84.9 Å². The Morgan fingerprint density at radius 3 is 1.03 bits per heavy atom. The summed E-state index contributed by atoms with van der Waals surface area (Å²) in [5, 5.41) is 6.77. The Bertz CT molecular complexity index is 5570. The summed E-state index contributed by atoms with van der Waals surface area (Å²) in [7, 11) is 0. The lowest BCUT2D eigenvalue weighted by atomic mass is 10.2. The molecule has 8 heterocycles. The van der Waals surface area contributed by atoms with Gasteiger partial charge in [0.2, 0.25) is 17.3 Å². The van der Waals surface area contributed by atoms with Gasteiger partial charge in [-0.25, -0.2) is 22.0 Å². The van der Waals surface area contributed by atoms with Crippen molar-refractivity contribution in [1.82, 2.24) is 17.6 Å². The molecule has 0 amide bonds. The van der Waals surface area contributed by atoms with Gasteiger partial charge in [0.05, 0.1) is 27.1 Å². The Balaban J connectivity index is 0.000000107. The number of hydrogen-bond donors (Lipinski definition) is 0. The summed E-state index contributed by atoms with van der Waals surface area (Å²) in [5.74, 6) is -8.20. The van der Waals surface area contributed by atoms with E-state index in [9.17, 15) is 63.1 Å². The van der Waals surface area contributed by atoms with Crippen LogP contribution in [0.15, 0.2) is 239 Å². The van der Waals surface area contributed by atoms with Crippen molar-refractivity contribution in [2.75, 3.05) is 0 Å². The molecule has 0 N–H and O–H groups in total. The fourth-order valence-electron chi connectivity index (χ4n) is 10.8. The Hall–Kier alpha value is -11.4. The van der Waals surface area contributed by atoms with Gasteiger partial charge in [-0.15, -0.1) is 0 Å². The lowest BCUT2D eigenvalue weighted by molar-refractivity contribution is -0.618. The number of rotatable bonds is 4. The molecular weight excluding hydrogens is 1150 g/mol. The first-order valence-corrected chi connectivity index (χ1v) is 26.2. The van der Waals surface area contributed by atoms with Crippen LogP contribution < -0.4 is 41.0 Å².